The van der Waals surface area contributed by atoms with Crippen molar-refractivity contribution in [3.63, 3.8) is 0 Å². The zero-order valence-corrected chi connectivity index (χ0v) is 11.5. The third-order valence-electron chi connectivity index (χ3n) is 3.77. The van der Waals surface area contributed by atoms with E-state index >= 15 is 0 Å². The van der Waals surface area contributed by atoms with Gasteiger partial charge in [-0.05, 0) is 33.6 Å². The smallest absolute Gasteiger partial charge is 0.148 e. The van der Waals surface area contributed by atoms with Crippen LogP contribution in [0.25, 0.3) is 0 Å². The monoisotopic (exact) mass is 252 g/mol. The predicted molar refractivity (Wildman–Crippen MR) is 73.6 cm³/mol. The molecule has 1 aliphatic rings. The van der Waals surface area contributed by atoms with Crippen molar-refractivity contribution in [3.8, 4) is 0 Å². The molecule has 2 unspecified atom stereocenters. The summed E-state index contributed by atoms with van der Waals surface area (Å²) in [6, 6.07) is 0.275. The second-order valence-corrected chi connectivity index (χ2v) is 5.53. The predicted octanol–water partition coefficient (Wildman–Crippen LogP) is 1.93. The van der Waals surface area contributed by atoms with E-state index in [1.54, 1.807) is 0 Å². The Kier molecular flexibility index (Phi) is 3.80. The molecule has 0 aliphatic heterocycles. The number of nitrogen functional groups attached to an aromatic ring is 1. The first-order valence-electron chi connectivity index (χ1n) is 6.77. The number of nitrogens with zero attached hydrogens (tertiary/aromatic N) is 2. The molecule has 1 aromatic rings. The van der Waals surface area contributed by atoms with Crippen LogP contribution in [0.3, 0.4) is 0 Å². The molecule has 1 heterocycles. The fourth-order valence-electron chi connectivity index (χ4n) is 2.59. The van der Waals surface area contributed by atoms with Crippen molar-refractivity contribution in [1.29, 1.82) is 0 Å². The summed E-state index contributed by atoms with van der Waals surface area (Å²) in [6.07, 6.45) is 2.95. The molecule has 18 heavy (non-hydrogen) atoms. The minimum absolute atomic E-state index is 0.171. The van der Waals surface area contributed by atoms with Gasteiger partial charge in [-0.1, -0.05) is 6.42 Å². The van der Waals surface area contributed by atoms with Gasteiger partial charge in [0, 0.05) is 18.5 Å². The van der Waals surface area contributed by atoms with Gasteiger partial charge < -0.3 is 16.2 Å². The number of aromatic nitrogens is 2. The van der Waals surface area contributed by atoms with Crippen molar-refractivity contribution in [2.75, 3.05) is 17.6 Å². The first-order chi connectivity index (χ1) is 8.50. The zero-order chi connectivity index (χ0) is 13.3. The van der Waals surface area contributed by atoms with Crippen LogP contribution in [0, 0.1) is 12.8 Å². The number of hydrogen-bond donors (Lipinski definition) is 3. The molecule has 2 rings (SSSR count). The van der Waals surface area contributed by atoms with Crippen molar-refractivity contribution in [2.45, 2.75) is 52.2 Å². The zero-order valence-electron chi connectivity index (χ0n) is 11.5. The maximum atomic E-state index is 9.83. The Morgan fingerprint density at radius 1 is 1.50 bits per heavy atom. The lowest BCUT2D eigenvalue weighted by atomic mass is 10.1. The molecule has 0 radical (unpaired) electrons. The van der Waals surface area contributed by atoms with Gasteiger partial charge in [-0.2, -0.15) is 5.10 Å². The fraction of sp³-hybridized carbons (Fsp3) is 0.769. The summed E-state index contributed by atoms with van der Waals surface area (Å²) in [5, 5.41) is 17.6. The van der Waals surface area contributed by atoms with Gasteiger partial charge >= 0.3 is 0 Å². The summed E-state index contributed by atoms with van der Waals surface area (Å²) in [7, 11) is 0. The second-order valence-electron chi connectivity index (χ2n) is 5.53. The van der Waals surface area contributed by atoms with E-state index in [0.29, 0.717) is 5.92 Å². The molecule has 0 amide bonds. The maximum Gasteiger partial charge on any atom is 0.148 e. The quantitative estimate of drug-likeness (QED) is 0.765. The van der Waals surface area contributed by atoms with Gasteiger partial charge in [-0.3, -0.25) is 0 Å². The molecule has 0 saturated heterocycles. The summed E-state index contributed by atoms with van der Waals surface area (Å²) >= 11 is 0. The molecular formula is C13H24N4O. The molecule has 102 valence electrons. The number of nitrogens with two attached hydrogens (primary N) is 1. The highest BCUT2D eigenvalue weighted by Gasteiger charge is 2.25. The van der Waals surface area contributed by atoms with E-state index in [9.17, 15) is 5.11 Å². The molecule has 5 heteroatoms. The summed E-state index contributed by atoms with van der Waals surface area (Å²) in [5.41, 5.74) is 7.63. The van der Waals surface area contributed by atoms with Gasteiger partial charge in [0.1, 0.15) is 5.82 Å². The van der Waals surface area contributed by atoms with Crippen LogP contribution in [0.15, 0.2) is 0 Å². The lowest BCUT2D eigenvalue weighted by molar-refractivity contribution is 0.138. The van der Waals surface area contributed by atoms with Crippen molar-refractivity contribution in [2.24, 2.45) is 5.92 Å². The van der Waals surface area contributed by atoms with Gasteiger partial charge in [0.05, 0.1) is 17.5 Å². The number of hydrogen-bond acceptors (Lipinski definition) is 4. The van der Waals surface area contributed by atoms with E-state index in [0.717, 1.165) is 43.0 Å². The lowest BCUT2D eigenvalue weighted by Crippen LogP contribution is -2.23. The molecule has 1 aromatic heterocycles. The van der Waals surface area contributed by atoms with Crippen LogP contribution in [0.4, 0.5) is 11.5 Å². The molecule has 0 aromatic carbocycles. The van der Waals surface area contributed by atoms with Gasteiger partial charge in [-0.25, -0.2) is 4.68 Å². The molecule has 5 nitrogen and oxygen atoms in total. The van der Waals surface area contributed by atoms with Crippen LogP contribution in [-0.2, 0) is 0 Å². The Hall–Kier alpha value is -1.23. The molecule has 2 atom stereocenters. The normalized spacial score (nSPS) is 23.8. The van der Waals surface area contributed by atoms with Gasteiger partial charge in [0.15, 0.2) is 0 Å². The van der Waals surface area contributed by atoms with E-state index < -0.39 is 0 Å². The van der Waals surface area contributed by atoms with Crippen LogP contribution in [-0.4, -0.2) is 27.5 Å². The van der Waals surface area contributed by atoms with Crippen LogP contribution in [0.5, 0.6) is 0 Å². The number of rotatable bonds is 4. The number of aliphatic hydroxyl groups is 1. The number of aryl methyl sites for hydroxylation is 1. The van der Waals surface area contributed by atoms with E-state index in [2.05, 4.69) is 24.3 Å². The highest BCUT2D eigenvalue weighted by molar-refractivity contribution is 5.64. The molecule has 0 bridgehead atoms. The highest BCUT2D eigenvalue weighted by atomic mass is 16.3. The number of anilines is 2. The third-order valence-corrected chi connectivity index (χ3v) is 3.77. The Morgan fingerprint density at radius 2 is 2.22 bits per heavy atom. The topological polar surface area (TPSA) is 76.1 Å². The Bertz CT molecular complexity index is 413. The minimum Gasteiger partial charge on any atom is -0.394 e. The van der Waals surface area contributed by atoms with Crippen molar-refractivity contribution in [3.05, 3.63) is 5.69 Å². The van der Waals surface area contributed by atoms with Gasteiger partial charge in [0.2, 0.25) is 0 Å². The Morgan fingerprint density at radius 3 is 2.78 bits per heavy atom. The van der Waals surface area contributed by atoms with E-state index in [1.165, 1.54) is 0 Å². The number of nitrogens with one attached hydrogen (secondary N) is 1. The van der Waals surface area contributed by atoms with E-state index in [4.69, 9.17) is 5.73 Å². The Labute approximate surface area is 108 Å². The van der Waals surface area contributed by atoms with E-state index in [-0.39, 0.29) is 12.1 Å². The highest BCUT2D eigenvalue weighted by Crippen LogP contribution is 2.29. The fourth-order valence-corrected chi connectivity index (χ4v) is 2.59. The summed E-state index contributed by atoms with van der Waals surface area (Å²) in [6.45, 7) is 6.86. The van der Waals surface area contributed by atoms with Crippen LogP contribution >= 0.6 is 0 Å². The first-order valence-corrected chi connectivity index (χ1v) is 6.77. The summed E-state index contributed by atoms with van der Waals surface area (Å²) < 4.78 is 1.92. The van der Waals surface area contributed by atoms with Crippen molar-refractivity contribution in [1.82, 2.24) is 9.78 Å². The first kappa shape index (κ1) is 13.2. The van der Waals surface area contributed by atoms with Gasteiger partial charge in [-0.15, -0.1) is 0 Å². The number of aliphatic hydroxyl groups excluding tert-OH is 1. The average Bonchev–Trinajstić information content (AvgIpc) is 2.83. The standard InChI is InChI=1S/C13H24N4O/c1-8(2)17-13(12(14)9(3)16-17)15-7-10-5-4-6-11(10)18/h8,10-11,15,18H,4-7,14H2,1-3H3. The lowest BCUT2D eigenvalue weighted by Gasteiger charge is -2.18. The van der Waals surface area contributed by atoms with Crippen LogP contribution in [0.2, 0.25) is 0 Å². The van der Waals surface area contributed by atoms with Gasteiger partial charge in [0.25, 0.3) is 0 Å². The molecular weight excluding hydrogens is 228 g/mol. The van der Waals surface area contributed by atoms with Crippen molar-refractivity contribution < 1.29 is 5.11 Å². The second kappa shape index (κ2) is 5.18. The summed E-state index contributed by atoms with van der Waals surface area (Å²) in [4.78, 5) is 0. The molecule has 1 aliphatic carbocycles. The van der Waals surface area contributed by atoms with Crippen molar-refractivity contribution >= 4 is 11.5 Å². The average molecular weight is 252 g/mol. The Balaban J connectivity index is 2.08. The van der Waals surface area contributed by atoms with E-state index in [1.807, 2.05) is 11.6 Å². The maximum absolute atomic E-state index is 9.83. The SMILES string of the molecule is Cc1nn(C(C)C)c(NCC2CCCC2O)c1N. The molecule has 1 saturated carbocycles. The van der Waals surface area contributed by atoms with Crippen LogP contribution < -0.4 is 11.1 Å². The minimum atomic E-state index is -0.171. The third kappa shape index (κ3) is 2.46. The molecule has 4 N–H and O–H groups in total. The largest absolute Gasteiger partial charge is 0.394 e. The molecule has 0 spiro atoms. The molecule has 1 fully saturated rings. The summed E-state index contributed by atoms with van der Waals surface area (Å²) in [5.74, 6) is 1.22. The van der Waals surface area contributed by atoms with Crippen LogP contribution in [0.1, 0.15) is 44.8 Å².